The van der Waals surface area contributed by atoms with Gasteiger partial charge in [0.1, 0.15) is 12.4 Å². The Morgan fingerprint density at radius 1 is 1.40 bits per heavy atom. The Balaban J connectivity index is 2.07. The number of ether oxygens (including phenoxy) is 1. The Kier molecular flexibility index (Phi) is 5.19. The van der Waals surface area contributed by atoms with E-state index in [9.17, 15) is 4.79 Å². The van der Waals surface area contributed by atoms with Gasteiger partial charge in [-0.2, -0.15) is 0 Å². The smallest absolute Gasteiger partial charge is 0.245 e. The van der Waals surface area contributed by atoms with Crippen LogP contribution in [0.3, 0.4) is 0 Å². The van der Waals surface area contributed by atoms with Crippen molar-refractivity contribution < 1.29 is 9.53 Å². The first-order valence-electron chi connectivity index (χ1n) is 6.34. The molecule has 0 radical (unpaired) electrons. The standard InChI is InChI=1S/C13H17N5O2/c1-20-8-7-14-13(19)12(18-10-15-16-17-18)9-11-5-3-2-4-6-11/h2-6,10,12H,7-9H2,1H3,(H,14,19). The van der Waals surface area contributed by atoms with E-state index in [1.165, 1.54) is 11.0 Å². The van der Waals surface area contributed by atoms with Crippen LogP contribution in [-0.4, -0.2) is 46.4 Å². The van der Waals surface area contributed by atoms with E-state index < -0.39 is 6.04 Å². The molecule has 0 aliphatic rings. The molecule has 0 spiro atoms. The van der Waals surface area contributed by atoms with Crippen LogP contribution < -0.4 is 5.32 Å². The minimum atomic E-state index is -0.468. The minimum Gasteiger partial charge on any atom is -0.383 e. The molecule has 0 aliphatic heterocycles. The average molecular weight is 275 g/mol. The molecule has 20 heavy (non-hydrogen) atoms. The highest BCUT2D eigenvalue weighted by molar-refractivity contribution is 5.80. The quantitative estimate of drug-likeness (QED) is 0.731. The van der Waals surface area contributed by atoms with Crippen LogP contribution in [0.2, 0.25) is 0 Å². The number of aromatic nitrogens is 4. The first kappa shape index (κ1) is 14.1. The summed E-state index contributed by atoms with van der Waals surface area (Å²) < 4.78 is 6.39. The van der Waals surface area contributed by atoms with Gasteiger partial charge in [-0.05, 0) is 16.0 Å². The molecule has 0 bridgehead atoms. The number of carbonyl (C=O) groups excluding carboxylic acids is 1. The number of tetrazole rings is 1. The number of nitrogens with zero attached hydrogens (tertiary/aromatic N) is 4. The molecule has 1 unspecified atom stereocenters. The van der Waals surface area contributed by atoms with Crippen molar-refractivity contribution in [2.45, 2.75) is 12.5 Å². The minimum absolute atomic E-state index is 0.127. The zero-order valence-electron chi connectivity index (χ0n) is 11.3. The Morgan fingerprint density at radius 2 is 2.20 bits per heavy atom. The molecule has 106 valence electrons. The highest BCUT2D eigenvalue weighted by atomic mass is 16.5. The van der Waals surface area contributed by atoms with E-state index in [0.717, 1.165) is 5.56 Å². The summed E-state index contributed by atoms with van der Waals surface area (Å²) in [6, 6.07) is 9.29. The molecule has 1 aromatic carbocycles. The Bertz CT molecular complexity index is 515. The van der Waals surface area contributed by atoms with Crippen LogP contribution in [-0.2, 0) is 16.0 Å². The predicted molar refractivity (Wildman–Crippen MR) is 71.9 cm³/mol. The van der Waals surface area contributed by atoms with Crippen molar-refractivity contribution in [3.8, 4) is 0 Å². The predicted octanol–water partition coefficient (Wildman–Crippen LogP) is 0.219. The third kappa shape index (κ3) is 3.86. The van der Waals surface area contributed by atoms with Crippen molar-refractivity contribution in [1.82, 2.24) is 25.5 Å². The van der Waals surface area contributed by atoms with E-state index >= 15 is 0 Å². The summed E-state index contributed by atoms with van der Waals surface area (Å²) >= 11 is 0. The average Bonchev–Trinajstić information content (AvgIpc) is 3.00. The van der Waals surface area contributed by atoms with Gasteiger partial charge in [0.25, 0.3) is 0 Å². The molecule has 0 saturated carbocycles. The summed E-state index contributed by atoms with van der Waals surface area (Å²) in [6.07, 6.45) is 1.98. The maximum absolute atomic E-state index is 12.2. The molecule has 1 N–H and O–H groups in total. The summed E-state index contributed by atoms with van der Waals surface area (Å²) in [5.74, 6) is -0.127. The normalized spacial score (nSPS) is 12.1. The van der Waals surface area contributed by atoms with Crippen LogP contribution >= 0.6 is 0 Å². The molecule has 1 heterocycles. The molecule has 2 rings (SSSR count). The largest absolute Gasteiger partial charge is 0.383 e. The number of rotatable bonds is 7. The lowest BCUT2D eigenvalue weighted by Gasteiger charge is -2.16. The van der Waals surface area contributed by atoms with Crippen molar-refractivity contribution in [1.29, 1.82) is 0 Å². The summed E-state index contributed by atoms with van der Waals surface area (Å²) in [7, 11) is 1.59. The Morgan fingerprint density at radius 3 is 2.85 bits per heavy atom. The van der Waals surface area contributed by atoms with Crippen molar-refractivity contribution in [3.63, 3.8) is 0 Å². The maximum atomic E-state index is 12.2. The van der Waals surface area contributed by atoms with E-state index in [1.54, 1.807) is 7.11 Å². The lowest BCUT2D eigenvalue weighted by Crippen LogP contribution is -2.36. The van der Waals surface area contributed by atoms with Crippen molar-refractivity contribution in [3.05, 3.63) is 42.2 Å². The van der Waals surface area contributed by atoms with E-state index in [0.29, 0.717) is 19.6 Å². The van der Waals surface area contributed by atoms with E-state index in [-0.39, 0.29) is 5.91 Å². The van der Waals surface area contributed by atoms with Gasteiger partial charge < -0.3 is 10.1 Å². The summed E-state index contributed by atoms with van der Waals surface area (Å²) in [5, 5.41) is 13.8. The van der Waals surface area contributed by atoms with Crippen LogP contribution in [0.1, 0.15) is 11.6 Å². The fourth-order valence-electron chi connectivity index (χ4n) is 1.85. The first-order chi connectivity index (χ1) is 9.81. The molecule has 1 aromatic heterocycles. The van der Waals surface area contributed by atoms with Gasteiger partial charge in [-0.3, -0.25) is 4.79 Å². The molecule has 1 atom stereocenters. The van der Waals surface area contributed by atoms with Crippen molar-refractivity contribution >= 4 is 5.91 Å². The fourth-order valence-corrected chi connectivity index (χ4v) is 1.85. The van der Waals surface area contributed by atoms with Crippen LogP contribution in [0.15, 0.2) is 36.7 Å². The van der Waals surface area contributed by atoms with Crippen LogP contribution in [0, 0.1) is 0 Å². The number of benzene rings is 1. The molecule has 1 amide bonds. The number of hydrogen-bond acceptors (Lipinski definition) is 5. The lowest BCUT2D eigenvalue weighted by atomic mass is 10.1. The zero-order chi connectivity index (χ0) is 14.2. The number of nitrogens with one attached hydrogen (secondary N) is 1. The molecular weight excluding hydrogens is 258 g/mol. The molecule has 7 nitrogen and oxygen atoms in total. The number of amides is 1. The summed E-state index contributed by atoms with van der Waals surface area (Å²) in [6.45, 7) is 0.933. The van der Waals surface area contributed by atoms with Gasteiger partial charge in [-0.25, -0.2) is 4.68 Å². The van der Waals surface area contributed by atoms with Gasteiger partial charge in [-0.1, -0.05) is 30.3 Å². The van der Waals surface area contributed by atoms with Gasteiger partial charge in [0.05, 0.1) is 6.61 Å². The summed E-state index contributed by atoms with van der Waals surface area (Å²) in [4.78, 5) is 12.2. The SMILES string of the molecule is COCCNC(=O)C(Cc1ccccc1)n1cnnn1. The van der Waals surface area contributed by atoms with Gasteiger partial charge in [0.15, 0.2) is 0 Å². The number of hydrogen-bond donors (Lipinski definition) is 1. The monoisotopic (exact) mass is 275 g/mol. The van der Waals surface area contributed by atoms with Gasteiger partial charge in [0.2, 0.25) is 5.91 Å². The van der Waals surface area contributed by atoms with Gasteiger partial charge in [0, 0.05) is 20.1 Å². The molecule has 0 fully saturated rings. The van der Waals surface area contributed by atoms with Crippen LogP contribution in [0.4, 0.5) is 0 Å². The molecule has 7 heteroatoms. The maximum Gasteiger partial charge on any atom is 0.245 e. The van der Waals surface area contributed by atoms with Gasteiger partial charge >= 0.3 is 0 Å². The van der Waals surface area contributed by atoms with Crippen molar-refractivity contribution in [2.24, 2.45) is 0 Å². The summed E-state index contributed by atoms with van der Waals surface area (Å²) in [5.41, 5.74) is 1.05. The second kappa shape index (κ2) is 7.34. The van der Waals surface area contributed by atoms with Crippen LogP contribution in [0.25, 0.3) is 0 Å². The highest BCUT2D eigenvalue weighted by Gasteiger charge is 2.21. The van der Waals surface area contributed by atoms with E-state index in [1.807, 2.05) is 30.3 Å². The Hall–Kier alpha value is -2.28. The molecule has 0 saturated heterocycles. The topological polar surface area (TPSA) is 81.9 Å². The molecule has 2 aromatic rings. The van der Waals surface area contributed by atoms with E-state index in [4.69, 9.17) is 4.74 Å². The highest BCUT2D eigenvalue weighted by Crippen LogP contribution is 2.12. The second-order valence-electron chi connectivity index (χ2n) is 4.28. The number of carbonyl (C=O) groups is 1. The first-order valence-corrected chi connectivity index (χ1v) is 6.34. The molecular formula is C13H17N5O2. The van der Waals surface area contributed by atoms with Gasteiger partial charge in [-0.15, -0.1) is 5.10 Å². The molecule has 0 aliphatic carbocycles. The third-order valence-electron chi connectivity index (χ3n) is 2.86. The number of methoxy groups -OCH3 is 1. The third-order valence-corrected chi connectivity index (χ3v) is 2.86. The Labute approximate surface area is 116 Å². The zero-order valence-corrected chi connectivity index (χ0v) is 11.3. The lowest BCUT2D eigenvalue weighted by molar-refractivity contribution is -0.124. The second-order valence-corrected chi connectivity index (χ2v) is 4.28. The fraction of sp³-hybridized carbons (Fsp3) is 0.385. The van der Waals surface area contributed by atoms with Crippen molar-refractivity contribution in [2.75, 3.05) is 20.3 Å². The van der Waals surface area contributed by atoms with Crippen LogP contribution in [0.5, 0.6) is 0 Å². The van der Waals surface area contributed by atoms with E-state index in [2.05, 4.69) is 20.8 Å².